The number of amides is 1. The standard InChI is InChI=1S/C28H28ClN3O2/c1-19(2)21-9-3-8-14-26(21)34-16-15-31-25-13-7-5-11-23(25)30-28(31)20-17-27(33)32(18-20)24-12-6-4-10-22(24)29/h3-14,19-20H,15-18H2,1-2H3. The molecular weight excluding hydrogens is 446 g/mol. The van der Waals surface area contributed by atoms with Crippen molar-refractivity contribution in [3.8, 4) is 5.75 Å². The van der Waals surface area contributed by atoms with E-state index in [0.717, 1.165) is 28.3 Å². The average molecular weight is 474 g/mol. The molecule has 1 fully saturated rings. The molecule has 0 radical (unpaired) electrons. The second kappa shape index (κ2) is 9.51. The summed E-state index contributed by atoms with van der Waals surface area (Å²) in [5.74, 6) is 2.29. The fraction of sp³-hybridized carbons (Fsp3) is 0.286. The number of carbonyl (C=O) groups is 1. The van der Waals surface area contributed by atoms with Crippen molar-refractivity contribution in [3.05, 3.63) is 89.2 Å². The van der Waals surface area contributed by atoms with Crippen LogP contribution in [-0.2, 0) is 11.3 Å². The van der Waals surface area contributed by atoms with Crippen molar-refractivity contribution in [1.29, 1.82) is 0 Å². The van der Waals surface area contributed by atoms with Crippen LogP contribution in [0.2, 0.25) is 5.02 Å². The number of fused-ring (bicyclic) bond motifs is 1. The molecule has 0 N–H and O–H groups in total. The Labute approximate surface area is 204 Å². The average Bonchev–Trinajstić information content (AvgIpc) is 3.40. The number of aromatic nitrogens is 2. The minimum atomic E-state index is -0.0147. The van der Waals surface area contributed by atoms with Crippen LogP contribution < -0.4 is 9.64 Å². The number of hydrogen-bond donors (Lipinski definition) is 0. The van der Waals surface area contributed by atoms with Gasteiger partial charge in [-0.25, -0.2) is 4.98 Å². The number of halogens is 1. The van der Waals surface area contributed by atoms with Gasteiger partial charge in [0.2, 0.25) is 5.91 Å². The Morgan fingerprint density at radius 1 is 1.03 bits per heavy atom. The molecule has 34 heavy (non-hydrogen) atoms. The molecule has 1 aliphatic heterocycles. The highest BCUT2D eigenvalue weighted by Gasteiger charge is 2.35. The first-order valence-electron chi connectivity index (χ1n) is 11.7. The normalized spacial score (nSPS) is 16.1. The predicted octanol–water partition coefficient (Wildman–Crippen LogP) is 6.41. The van der Waals surface area contributed by atoms with Gasteiger partial charge in [-0.3, -0.25) is 4.79 Å². The predicted molar refractivity (Wildman–Crippen MR) is 137 cm³/mol. The summed E-state index contributed by atoms with van der Waals surface area (Å²) in [5, 5.41) is 0.585. The molecule has 1 saturated heterocycles. The molecule has 6 heteroatoms. The molecule has 0 spiro atoms. The molecule has 0 bridgehead atoms. The maximum atomic E-state index is 12.9. The number of rotatable bonds is 7. The van der Waals surface area contributed by atoms with Crippen LogP contribution in [0.15, 0.2) is 72.8 Å². The van der Waals surface area contributed by atoms with Crippen molar-refractivity contribution >= 4 is 34.2 Å². The summed E-state index contributed by atoms with van der Waals surface area (Å²) in [6, 6.07) is 23.8. The van der Waals surface area contributed by atoms with E-state index in [1.165, 1.54) is 5.56 Å². The summed E-state index contributed by atoms with van der Waals surface area (Å²) in [5.41, 5.74) is 3.95. The van der Waals surface area contributed by atoms with Gasteiger partial charge in [-0.05, 0) is 41.8 Å². The zero-order valence-corrected chi connectivity index (χ0v) is 20.2. The molecule has 174 valence electrons. The lowest BCUT2D eigenvalue weighted by Gasteiger charge is -2.19. The summed E-state index contributed by atoms with van der Waals surface area (Å²) >= 11 is 6.39. The highest BCUT2D eigenvalue weighted by molar-refractivity contribution is 6.33. The number of anilines is 1. The summed E-state index contributed by atoms with van der Waals surface area (Å²) < 4.78 is 8.43. The molecule has 3 aromatic carbocycles. The Morgan fingerprint density at radius 2 is 1.76 bits per heavy atom. The van der Waals surface area contributed by atoms with Gasteiger partial charge in [0.1, 0.15) is 18.2 Å². The van der Waals surface area contributed by atoms with Gasteiger partial charge in [0.05, 0.1) is 28.3 Å². The molecule has 1 atom stereocenters. The van der Waals surface area contributed by atoms with Gasteiger partial charge in [0.15, 0.2) is 0 Å². The van der Waals surface area contributed by atoms with E-state index < -0.39 is 0 Å². The van der Waals surface area contributed by atoms with Gasteiger partial charge in [-0.15, -0.1) is 0 Å². The minimum absolute atomic E-state index is 0.0147. The Hall–Kier alpha value is -3.31. The number of imidazole rings is 1. The van der Waals surface area contributed by atoms with E-state index in [1.807, 2.05) is 60.7 Å². The quantitative estimate of drug-likeness (QED) is 0.311. The number of nitrogens with zero attached hydrogens (tertiary/aromatic N) is 3. The lowest BCUT2D eigenvalue weighted by molar-refractivity contribution is -0.117. The van der Waals surface area contributed by atoms with Gasteiger partial charge >= 0.3 is 0 Å². The molecule has 1 amide bonds. The highest BCUT2D eigenvalue weighted by Crippen LogP contribution is 2.36. The molecular formula is C28H28ClN3O2. The SMILES string of the molecule is CC(C)c1ccccc1OCCn1c(C2CC(=O)N(c3ccccc3Cl)C2)nc2ccccc21. The molecule has 5 nitrogen and oxygen atoms in total. The van der Waals surface area contributed by atoms with Crippen LogP contribution in [-0.4, -0.2) is 28.6 Å². The Kier molecular flexibility index (Phi) is 6.29. The molecule has 4 aromatic rings. The lowest BCUT2D eigenvalue weighted by atomic mass is 10.0. The topological polar surface area (TPSA) is 47.4 Å². The van der Waals surface area contributed by atoms with Gasteiger partial charge in [-0.1, -0.05) is 67.9 Å². The molecule has 1 aromatic heterocycles. The third kappa shape index (κ3) is 4.28. The summed E-state index contributed by atoms with van der Waals surface area (Å²) in [6.45, 7) is 6.07. The number of para-hydroxylation sites is 4. The number of benzene rings is 3. The van der Waals surface area contributed by atoms with E-state index in [4.69, 9.17) is 21.3 Å². The van der Waals surface area contributed by atoms with Crippen LogP contribution in [0.25, 0.3) is 11.0 Å². The van der Waals surface area contributed by atoms with Gasteiger partial charge in [0, 0.05) is 18.9 Å². The molecule has 0 aliphatic carbocycles. The van der Waals surface area contributed by atoms with Crippen molar-refractivity contribution in [2.75, 3.05) is 18.1 Å². The highest BCUT2D eigenvalue weighted by atomic mass is 35.5. The molecule has 5 rings (SSSR count). The second-order valence-electron chi connectivity index (χ2n) is 9.01. The third-order valence-electron chi connectivity index (χ3n) is 6.43. The maximum Gasteiger partial charge on any atom is 0.227 e. The molecule has 2 heterocycles. The van der Waals surface area contributed by atoms with E-state index in [9.17, 15) is 4.79 Å². The van der Waals surface area contributed by atoms with E-state index >= 15 is 0 Å². The monoisotopic (exact) mass is 473 g/mol. The largest absolute Gasteiger partial charge is 0.491 e. The fourth-order valence-electron chi connectivity index (χ4n) is 4.76. The zero-order chi connectivity index (χ0) is 23.7. The molecule has 0 saturated carbocycles. The zero-order valence-electron chi connectivity index (χ0n) is 19.4. The number of carbonyl (C=O) groups excluding carboxylic acids is 1. The van der Waals surface area contributed by atoms with Crippen molar-refractivity contribution in [1.82, 2.24) is 9.55 Å². The fourth-order valence-corrected chi connectivity index (χ4v) is 5.00. The first-order chi connectivity index (χ1) is 16.5. The Balaban J connectivity index is 1.41. The van der Waals surface area contributed by atoms with Crippen molar-refractivity contribution < 1.29 is 9.53 Å². The van der Waals surface area contributed by atoms with Gasteiger partial charge in [-0.2, -0.15) is 0 Å². The van der Waals surface area contributed by atoms with Crippen LogP contribution in [0, 0.1) is 0 Å². The Morgan fingerprint density at radius 3 is 2.59 bits per heavy atom. The Bertz CT molecular complexity index is 1330. The number of ether oxygens (including phenoxy) is 1. The number of hydrogen-bond acceptors (Lipinski definition) is 3. The van der Waals surface area contributed by atoms with Gasteiger partial charge < -0.3 is 14.2 Å². The first-order valence-corrected chi connectivity index (χ1v) is 12.1. The maximum absolute atomic E-state index is 12.9. The third-order valence-corrected chi connectivity index (χ3v) is 6.75. The van der Waals surface area contributed by atoms with Crippen LogP contribution >= 0.6 is 11.6 Å². The van der Waals surface area contributed by atoms with Crippen molar-refractivity contribution in [2.45, 2.75) is 38.6 Å². The van der Waals surface area contributed by atoms with Crippen molar-refractivity contribution in [3.63, 3.8) is 0 Å². The van der Waals surface area contributed by atoms with Crippen LogP contribution in [0.5, 0.6) is 5.75 Å². The second-order valence-corrected chi connectivity index (χ2v) is 9.42. The first kappa shape index (κ1) is 22.5. The lowest BCUT2D eigenvalue weighted by Crippen LogP contribution is -2.25. The summed E-state index contributed by atoms with van der Waals surface area (Å²) in [6.07, 6.45) is 0.408. The van der Waals surface area contributed by atoms with Crippen LogP contribution in [0.4, 0.5) is 5.69 Å². The van der Waals surface area contributed by atoms with Gasteiger partial charge in [0.25, 0.3) is 0 Å². The summed E-state index contributed by atoms with van der Waals surface area (Å²) in [7, 11) is 0. The van der Waals surface area contributed by atoms with Crippen molar-refractivity contribution in [2.24, 2.45) is 0 Å². The van der Waals surface area contributed by atoms with E-state index in [2.05, 4.69) is 30.5 Å². The molecule has 1 unspecified atom stereocenters. The summed E-state index contributed by atoms with van der Waals surface area (Å²) in [4.78, 5) is 19.7. The minimum Gasteiger partial charge on any atom is -0.491 e. The van der Waals surface area contributed by atoms with E-state index in [-0.39, 0.29) is 11.8 Å². The smallest absolute Gasteiger partial charge is 0.227 e. The van der Waals surface area contributed by atoms with E-state index in [0.29, 0.717) is 37.1 Å². The van der Waals surface area contributed by atoms with Crippen LogP contribution in [0.1, 0.15) is 43.5 Å². The van der Waals surface area contributed by atoms with E-state index in [1.54, 1.807) is 4.90 Å². The molecule has 1 aliphatic rings. The van der Waals surface area contributed by atoms with Crippen LogP contribution in [0.3, 0.4) is 0 Å².